The summed E-state index contributed by atoms with van der Waals surface area (Å²) in [4.78, 5) is 12.6. The number of benzene rings is 3. The van der Waals surface area contributed by atoms with E-state index in [2.05, 4.69) is 15.9 Å². The summed E-state index contributed by atoms with van der Waals surface area (Å²) in [5.41, 5.74) is 3.55. The van der Waals surface area contributed by atoms with Crippen LogP contribution < -0.4 is 0 Å². The third kappa shape index (κ3) is 3.20. The Morgan fingerprint density at radius 1 is 0.913 bits per heavy atom. The van der Waals surface area contributed by atoms with Crippen molar-refractivity contribution in [1.82, 2.24) is 0 Å². The Bertz CT molecular complexity index is 847. The molecule has 0 spiro atoms. The lowest BCUT2D eigenvalue weighted by Crippen LogP contribution is -2.04. The first-order valence-electron chi connectivity index (χ1n) is 7.25. The molecule has 114 valence electrons. The van der Waals surface area contributed by atoms with Crippen LogP contribution in [0.1, 0.15) is 21.5 Å². The van der Waals surface area contributed by atoms with Crippen LogP contribution in [0.3, 0.4) is 0 Å². The molecule has 0 aliphatic heterocycles. The van der Waals surface area contributed by atoms with Crippen molar-refractivity contribution < 1.29 is 9.90 Å². The number of rotatable bonds is 3. The number of phenolic OH excluding ortho intramolecular Hbond substituents is 1. The second-order valence-corrected chi connectivity index (χ2v) is 6.31. The molecule has 0 fully saturated rings. The molecule has 3 aromatic rings. The van der Waals surface area contributed by atoms with Crippen LogP contribution in [0.5, 0.6) is 5.75 Å². The van der Waals surface area contributed by atoms with E-state index in [1.54, 1.807) is 18.2 Å². The molecule has 2 nitrogen and oxygen atoms in total. The van der Waals surface area contributed by atoms with E-state index in [9.17, 15) is 9.90 Å². The Labute approximate surface area is 143 Å². The van der Waals surface area contributed by atoms with Crippen molar-refractivity contribution in [3.63, 3.8) is 0 Å². The Balaban J connectivity index is 2.06. The van der Waals surface area contributed by atoms with Crippen molar-refractivity contribution >= 4 is 21.7 Å². The molecule has 0 radical (unpaired) electrons. The average Bonchev–Trinajstić information content (AvgIpc) is 2.55. The van der Waals surface area contributed by atoms with Crippen LogP contribution in [0.25, 0.3) is 11.1 Å². The summed E-state index contributed by atoms with van der Waals surface area (Å²) in [5.74, 6) is -0.157. The molecule has 3 rings (SSSR count). The largest absolute Gasteiger partial charge is 0.507 e. The Morgan fingerprint density at radius 3 is 2.30 bits per heavy atom. The minimum absolute atomic E-state index is 0.00817. The van der Waals surface area contributed by atoms with Gasteiger partial charge in [0.05, 0.1) is 5.56 Å². The Hall–Kier alpha value is -2.39. The molecule has 3 heteroatoms. The second-order valence-electron chi connectivity index (χ2n) is 5.39. The predicted molar refractivity (Wildman–Crippen MR) is 95.9 cm³/mol. The number of aromatic hydroxyl groups is 1. The molecule has 1 N–H and O–H groups in total. The lowest BCUT2D eigenvalue weighted by Gasteiger charge is -2.11. The van der Waals surface area contributed by atoms with Crippen LogP contribution in [-0.4, -0.2) is 10.9 Å². The highest BCUT2D eigenvalue weighted by Crippen LogP contribution is 2.32. The Morgan fingerprint density at radius 2 is 1.65 bits per heavy atom. The molecular weight excluding hydrogens is 352 g/mol. The van der Waals surface area contributed by atoms with Crippen molar-refractivity contribution in [2.45, 2.75) is 6.92 Å². The monoisotopic (exact) mass is 366 g/mol. The molecule has 0 aliphatic carbocycles. The van der Waals surface area contributed by atoms with E-state index in [0.717, 1.165) is 21.2 Å². The summed E-state index contributed by atoms with van der Waals surface area (Å²) in [6.45, 7) is 1.84. The second kappa shape index (κ2) is 6.39. The predicted octanol–water partition coefficient (Wildman–Crippen LogP) is 5.36. The third-order valence-corrected chi connectivity index (χ3v) is 4.23. The van der Waals surface area contributed by atoms with Gasteiger partial charge in [-0.15, -0.1) is 0 Å². The van der Waals surface area contributed by atoms with Crippen LogP contribution in [-0.2, 0) is 0 Å². The molecule has 3 aromatic carbocycles. The highest BCUT2D eigenvalue weighted by molar-refractivity contribution is 9.10. The van der Waals surface area contributed by atoms with Gasteiger partial charge in [-0.25, -0.2) is 0 Å². The topological polar surface area (TPSA) is 37.3 Å². The first-order valence-corrected chi connectivity index (χ1v) is 8.05. The van der Waals surface area contributed by atoms with Crippen molar-refractivity contribution in [2.24, 2.45) is 0 Å². The molecule has 0 bridgehead atoms. The molecule has 0 unspecified atom stereocenters. The van der Waals surface area contributed by atoms with E-state index >= 15 is 0 Å². The van der Waals surface area contributed by atoms with E-state index in [4.69, 9.17) is 0 Å². The normalized spacial score (nSPS) is 10.5. The van der Waals surface area contributed by atoms with Crippen LogP contribution in [0, 0.1) is 6.92 Å². The smallest absolute Gasteiger partial charge is 0.197 e. The quantitative estimate of drug-likeness (QED) is 0.633. The average molecular weight is 367 g/mol. The van der Waals surface area contributed by atoms with Gasteiger partial charge in [-0.2, -0.15) is 0 Å². The summed E-state index contributed by atoms with van der Waals surface area (Å²) in [6.07, 6.45) is 0. The molecule has 0 atom stereocenters. The van der Waals surface area contributed by atoms with Gasteiger partial charge in [0, 0.05) is 10.0 Å². The van der Waals surface area contributed by atoms with E-state index < -0.39 is 0 Å². The van der Waals surface area contributed by atoms with Crippen molar-refractivity contribution in [3.05, 3.63) is 87.9 Å². The molecule has 0 saturated heterocycles. The zero-order chi connectivity index (χ0) is 16.4. The van der Waals surface area contributed by atoms with Gasteiger partial charge in [-0.1, -0.05) is 64.5 Å². The fourth-order valence-electron chi connectivity index (χ4n) is 2.63. The van der Waals surface area contributed by atoms with Gasteiger partial charge in [0.25, 0.3) is 0 Å². The van der Waals surface area contributed by atoms with E-state index in [1.165, 1.54) is 0 Å². The lowest BCUT2D eigenvalue weighted by atomic mass is 9.94. The summed E-state index contributed by atoms with van der Waals surface area (Å²) in [6, 6.07) is 20.4. The zero-order valence-corrected chi connectivity index (χ0v) is 14.2. The number of hydrogen-bond donors (Lipinski definition) is 1. The molecule has 23 heavy (non-hydrogen) atoms. The highest BCUT2D eigenvalue weighted by atomic mass is 79.9. The van der Waals surface area contributed by atoms with Crippen molar-refractivity contribution in [2.75, 3.05) is 0 Å². The lowest BCUT2D eigenvalue weighted by molar-refractivity contribution is 0.103. The first kappa shape index (κ1) is 15.5. The number of ketones is 1. The molecule has 0 heterocycles. The van der Waals surface area contributed by atoms with Gasteiger partial charge < -0.3 is 5.11 Å². The standard InChI is InChI=1S/C20H15BrO2/c1-13-10-16(15-8-5-9-17(21)11-15)12-18(22)19(13)20(23)14-6-3-2-4-7-14/h2-12,22H,1H3. The van der Waals surface area contributed by atoms with Crippen molar-refractivity contribution in [1.29, 1.82) is 0 Å². The van der Waals surface area contributed by atoms with Gasteiger partial charge in [-0.05, 0) is 41.8 Å². The van der Waals surface area contributed by atoms with Crippen LogP contribution in [0.2, 0.25) is 0 Å². The molecule has 0 saturated carbocycles. The van der Waals surface area contributed by atoms with E-state index in [1.807, 2.05) is 55.5 Å². The number of aryl methyl sites for hydroxylation is 1. The number of carbonyl (C=O) groups is 1. The summed E-state index contributed by atoms with van der Waals surface area (Å²) >= 11 is 3.45. The number of hydrogen-bond acceptors (Lipinski definition) is 2. The fourth-order valence-corrected chi connectivity index (χ4v) is 3.03. The maximum atomic E-state index is 12.6. The van der Waals surface area contributed by atoms with Crippen LogP contribution >= 0.6 is 15.9 Å². The number of carbonyl (C=O) groups excluding carboxylic acids is 1. The zero-order valence-electron chi connectivity index (χ0n) is 12.6. The fraction of sp³-hybridized carbons (Fsp3) is 0.0500. The third-order valence-electron chi connectivity index (χ3n) is 3.74. The summed E-state index contributed by atoms with van der Waals surface area (Å²) < 4.78 is 0.969. The minimum atomic E-state index is -0.165. The molecule has 0 aromatic heterocycles. The van der Waals surface area contributed by atoms with E-state index in [-0.39, 0.29) is 11.5 Å². The maximum Gasteiger partial charge on any atom is 0.197 e. The maximum absolute atomic E-state index is 12.6. The first-order chi connectivity index (χ1) is 11.1. The van der Waals surface area contributed by atoms with E-state index in [0.29, 0.717) is 11.1 Å². The van der Waals surface area contributed by atoms with Crippen molar-refractivity contribution in [3.8, 4) is 16.9 Å². The molecule has 0 amide bonds. The van der Waals surface area contributed by atoms with Gasteiger partial charge in [0.2, 0.25) is 0 Å². The van der Waals surface area contributed by atoms with Gasteiger partial charge >= 0.3 is 0 Å². The molecule has 0 aliphatic rings. The highest BCUT2D eigenvalue weighted by Gasteiger charge is 2.17. The number of phenols is 1. The van der Waals surface area contributed by atoms with Gasteiger partial charge in [-0.3, -0.25) is 4.79 Å². The van der Waals surface area contributed by atoms with Crippen LogP contribution in [0.4, 0.5) is 0 Å². The SMILES string of the molecule is Cc1cc(-c2cccc(Br)c2)cc(O)c1C(=O)c1ccccc1. The van der Waals surface area contributed by atoms with Crippen LogP contribution in [0.15, 0.2) is 71.2 Å². The Kier molecular flexibility index (Phi) is 4.30. The van der Waals surface area contributed by atoms with Gasteiger partial charge in [0.15, 0.2) is 5.78 Å². The minimum Gasteiger partial charge on any atom is -0.507 e. The summed E-state index contributed by atoms with van der Waals surface area (Å²) in [7, 11) is 0. The molecular formula is C20H15BrO2. The summed E-state index contributed by atoms with van der Waals surface area (Å²) in [5, 5.41) is 10.4. The van der Waals surface area contributed by atoms with Gasteiger partial charge in [0.1, 0.15) is 5.75 Å². The number of halogens is 1.